The molecular weight excluding hydrogens is 241 g/mol. The van der Waals surface area contributed by atoms with Gasteiger partial charge >= 0.3 is 0 Å². The quantitative estimate of drug-likeness (QED) is 0.668. The van der Waals surface area contributed by atoms with Gasteiger partial charge in [-0.05, 0) is 19.1 Å². The third-order valence-electron chi connectivity index (χ3n) is 2.03. The van der Waals surface area contributed by atoms with Crippen LogP contribution in [0.1, 0.15) is 11.4 Å². The molecule has 2 heterocycles. The fourth-order valence-electron chi connectivity index (χ4n) is 1.28. The molecule has 1 N–H and O–H groups in total. The maximum atomic E-state index is 13.3. The van der Waals surface area contributed by atoms with E-state index in [1.807, 2.05) is 0 Å². The van der Waals surface area contributed by atoms with Crippen molar-refractivity contribution in [1.82, 2.24) is 15.0 Å². The molecule has 0 bridgehead atoms. The summed E-state index contributed by atoms with van der Waals surface area (Å²) in [6.45, 7) is 1.74. The topological polar surface area (TPSA) is 58.6 Å². The summed E-state index contributed by atoms with van der Waals surface area (Å²) in [5.74, 6) is -0.0194. The van der Waals surface area contributed by atoms with Crippen LogP contribution in [0.15, 0.2) is 34.3 Å². The third-order valence-corrected chi connectivity index (χ3v) is 2.91. The van der Waals surface area contributed by atoms with Gasteiger partial charge in [0.25, 0.3) is 5.56 Å². The predicted octanol–water partition coefficient (Wildman–Crippen LogP) is 1.90. The first-order valence-electron chi connectivity index (χ1n) is 4.95. The van der Waals surface area contributed by atoms with Gasteiger partial charge in [-0.15, -0.1) is 0 Å². The van der Waals surface area contributed by atoms with E-state index in [-0.39, 0.29) is 11.4 Å². The molecule has 17 heavy (non-hydrogen) atoms. The second-order valence-electron chi connectivity index (χ2n) is 3.41. The first kappa shape index (κ1) is 11.8. The Morgan fingerprint density at radius 2 is 2.35 bits per heavy atom. The highest BCUT2D eigenvalue weighted by Crippen LogP contribution is 2.18. The van der Waals surface area contributed by atoms with Crippen molar-refractivity contribution in [3.8, 4) is 0 Å². The Balaban J connectivity index is 2.13. The largest absolute Gasteiger partial charge is 0.301 e. The predicted molar refractivity (Wildman–Crippen MR) is 63.4 cm³/mol. The first-order chi connectivity index (χ1) is 8.15. The zero-order valence-electron chi connectivity index (χ0n) is 9.11. The van der Waals surface area contributed by atoms with Crippen molar-refractivity contribution in [1.29, 1.82) is 0 Å². The van der Waals surface area contributed by atoms with Gasteiger partial charge in [0.05, 0.1) is 5.69 Å². The number of H-pyrrole nitrogens is 1. The van der Waals surface area contributed by atoms with Crippen LogP contribution in [0, 0.1) is 12.7 Å². The highest BCUT2D eigenvalue weighted by Gasteiger charge is 2.05. The molecule has 4 nitrogen and oxygen atoms in total. The average Bonchev–Trinajstić information content (AvgIpc) is 2.27. The number of nitrogens with zero attached hydrogens (tertiary/aromatic N) is 2. The summed E-state index contributed by atoms with van der Waals surface area (Å²) in [5, 5.41) is 0.472. The minimum atomic E-state index is -0.352. The molecule has 0 amide bonds. The number of nitrogens with one attached hydrogen (secondary N) is 1. The van der Waals surface area contributed by atoms with Crippen molar-refractivity contribution in [3.63, 3.8) is 0 Å². The van der Waals surface area contributed by atoms with Crippen LogP contribution in [0.4, 0.5) is 4.39 Å². The Kier molecular flexibility index (Phi) is 3.53. The zero-order valence-corrected chi connectivity index (χ0v) is 9.92. The van der Waals surface area contributed by atoms with Crippen molar-refractivity contribution in [2.75, 3.05) is 0 Å². The van der Waals surface area contributed by atoms with E-state index in [9.17, 15) is 9.18 Å². The summed E-state index contributed by atoms with van der Waals surface area (Å²) >= 11 is 1.25. The van der Waals surface area contributed by atoms with E-state index in [1.54, 1.807) is 6.92 Å². The normalized spacial score (nSPS) is 10.5. The number of hydrogen-bond acceptors (Lipinski definition) is 4. The van der Waals surface area contributed by atoms with Gasteiger partial charge in [-0.25, -0.2) is 9.37 Å². The van der Waals surface area contributed by atoms with Crippen LogP contribution in [0.25, 0.3) is 0 Å². The Labute approximate surface area is 101 Å². The van der Waals surface area contributed by atoms with Gasteiger partial charge in [0, 0.05) is 23.7 Å². The number of rotatable bonds is 3. The second kappa shape index (κ2) is 5.09. The van der Waals surface area contributed by atoms with Crippen LogP contribution in [-0.4, -0.2) is 15.0 Å². The molecule has 0 aromatic carbocycles. The van der Waals surface area contributed by atoms with E-state index in [1.165, 1.54) is 36.2 Å². The van der Waals surface area contributed by atoms with Gasteiger partial charge in [-0.1, -0.05) is 11.8 Å². The maximum Gasteiger partial charge on any atom is 0.251 e. The summed E-state index contributed by atoms with van der Waals surface area (Å²) < 4.78 is 13.3. The van der Waals surface area contributed by atoms with Crippen molar-refractivity contribution in [3.05, 3.63) is 52.0 Å². The van der Waals surface area contributed by atoms with Crippen LogP contribution in [0.3, 0.4) is 0 Å². The van der Waals surface area contributed by atoms with Gasteiger partial charge in [0.1, 0.15) is 5.82 Å². The lowest BCUT2D eigenvalue weighted by molar-refractivity contribution is 0.608. The van der Waals surface area contributed by atoms with Gasteiger partial charge in [-0.3, -0.25) is 9.78 Å². The van der Waals surface area contributed by atoms with E-state index >= 15 is 0 Å². The Morgan fingerprint density at radius 1 is 1.53 bits per heavy atom. The van der Waals surface area contributed by atoms with Crippen LogP contribution < -0.4 is 5.56 Å². The van der Waals surface area contributed by atoms with Crippen molar-refractivity contribution in [2.24, 2.45) is 0 Å². The molecule has 0 aliphatic rings. The van der Waals surface area contributed by atoms with E-state index in [4.69, 9.17) is 0 Å². The smallest absolute Gasteiger partial charge is 0.251 e. The van der Waals surface area contributed by atoms with Crippen LogP contribution in [0.2, 0.25) is 0 Å². The van der Waals surface area contributed by atoms with Crippen molar-refractivity contribution >= 4 is 11.8 Å². The van der Waals surface area contributed by atoms with Crippen molar-refractivity contribution < 1.29 is 4.39 Å². The Morgan fingerprint density at radius 3 is 3.06 bits per heavy atom. The number of thioether (sulfide) groups is 1. The van der Waals surface area contributed by atoms with Crippen molar-refractivity contribution in [2.45, 2.75) is 17.8 Å². The number of halogens is 1. The summed E-state index contributed by atoms with van der Waals surface area (Å²) in [6.07, 6.45) is 1.53. The zero-order chi connectivity index (χ0) is 12.3. The number of aromatic nitrogens is 3. The highest BCUT2D eigenvalue weighted by atomic mass is 32.2. The highest BCUT2D eigenvalue weighted by molar-refractivity contribution is 7.98. The fourth-order valence-corrected chi connectivity index (χ4v) is 2.15. The molecule has 2 rings (SSSR count). The minimum Gasteiger partial charge on any atom is -0.301 e. The summed E-state index contributed by atoms with van der Waals surface area (Å²) in [6, 6.07) is 4.30. The Bertz CT molecular complexity index is 585. The second-order valence-corrected chi connectivity index (χ2v) is 4.38. The SMILES string of the molecule is Cc1cc(=O)[nH]c(SCc2ncccc2F)n1. The standard InChI is InChI=1S/C11H10FN3OS/c1-7-5-10(16)15-11(14-7)17-6-9-8(12)3-2-4-13-9/h2-5H,6H2,1H3,(H,14,15,16). The van der Waals surface area contributed by atoms with Gasteiger partial charge in [-0.2, -0.15) is 0 Å². The van der Waals surface area contributed by atoms with Crippen LogP contribution >= 0.6 is 11.8 Å². The lowest BCUT2D eigenvalue weighted by Gasteiger charge is -2.02. The van der Waals surface area contributed by atoms with E-state index < -0.39 is 0 Å². The summed E-state index contributed by atoms with van der Waals surface area (Å²) in [5.41, 5.74) is 0.779. The van der Waals surface area contributed by atoms with Gasteiger partial charge in [0.2, 0.25) is 0 Å². The molecule has 88 valence electrons. The molecule has 2 aromatic rings. The molecule has 0 saturated heterocycles. The summed E-state index contributed by atoms with van der Waals surface area (Å²) in [4.78, 5) is 21.8. The minimum absolute atomic E-state index is 0.207. The fraction of sp³-hybridized carbons (Fsp3) is 0.182. The van der Waals surface area contributed by atoms with Gasteiger partial charge < -0.3 is 4.98 Å². The number of aromatic amines is 1. The molecule has 0 radical (unpaired) electrons. The van der Waals surface area contributed by atoms with E-state index in [0.717, 1.165) is 0 Å². The Hall–Kier alpha value is -1.69. The van der Waals surface area contributed by atoms with Gasteiger partial charge in [0.15, 0.2) is 5.16 Å². The molecule has 0 aliphatic carbocycles. The molecule has 0 saturated carbocycles. The average molecular weight is 251 g/mol. The number of hydrogen-bond donors (Lipinski definition) is 1. The molecular formula is C11H10FN3OS. The molecule has 6 heteroatoms. The molecule has 0 fully saturated rings. The maximum absolute atomic E-state index is 13.3. The molecule has 0 atom stereocenters. The summed E-state index contributed by atoms with van der Waals surface area (Å²) in [7, 11) is 0. The molecule has 0 spiro atoms. The molecule has 2 aromatic heterocycles. The lowest BCUT2D eigenvalue weighted by Crippen LogP contribution is -2.08. The van der Waals surface area contributed by atoms with Crippen LogP contribution in [-0.2, 0) is 5.75 Å². The number of aryl methyl sites for hydroxylation is 1. The molecule has 0 aliphatic heterocycles. The third kappa shape index (κ3) is 3.13. The van der Waals surface area contributed by atoms with E-state index in [2.05, 4.69) is 15.0 Å². The molecule has 0 unspecified atom stereocenters. The monoisotopic (exact) mass is 251 g/mol. The first-order valence-corrected chi connectivity index (χ1v) is 5.94. The number of pyridine rings is 1. The lowest BCUT2D eigenvalue weighted by atomic mass is 10.4. The van der Waals surface area contributed by atoms with E-state index in [0.29, 0.717) is 22.3 Å². The van der Waals surface area contributed by atoms with Crippen LogP contribution in [0.5, 0.6) is 0 Å².